The van der Waals surface area contributed by atoms with Gasteiger partial charge in [-0.15, -0.1) is 15.3 Å². The number of benzene rings is 8. The lowest BCUT2D eigenvalue weighted by Crippen LogP contribution is -2.22. The Kier molecular flexibility index (Phi) is 16.0. The number of fused-ring (bicyclic) bond motifs is 2. The topological polar surface area (TPSA) is 468 Å². The Morgan fingerprint density at radius 2 is 1.16 bits per heavy atom. The maximum Gasteiger partial charge on any atom is 0.339 e. The second kappa shape index (κ2) is 22.9. The van der Waals surface area contributed by atoms with E-state index in [2.05, 4.69) is 55.9 Å². The molecule has 9 aromatic rings. The molecule has 9 rings (SSSR count). The number of aryl methyl sites for hydroxylation is 1. The second-order valence-electron chi connectivity index (χ2n) is 17.9. The number of phenolic OH excluding ortho intramolecular Hbond substituents is 2. The van der Waals surface area contributed by atoms with Gasteiger partial charge in [-0.05, 0) is 120 Å². The normalized spacial score (nSPS) is 12.7. The number of hydrogen-bond acceptors (Lipinski definition) is 24. The number of ether oxygens (including phenoxy) is 1. The molecule has 30 nitrogen and oxygen atoms in total. The zero-order chi connectivity index (χ0) is 61.5. The van der Waals surface area contributed by atoms with Crippen molar-refractivity contribution in [2.24, 2.45) is 35.7 Å². The number of azo groups is 3. The van der Waals surface area contributed by atoms with E-state index in [1.54, 1.807) is 66.5 Å². The largest absolute Gasteiger partial charge is 0.507 e. The Balaban J connectivity index is 1.14. The zero-order valence-corrected chi connectivity index (χ0v) is 46.7. The molecule has 0 aliphatic rings. The van der Waals surface area contributed by atoms with Crippen LogP contribution >= 0.6 is 0 Å². The third-order valence-electron chi connectivity index (χ3n) is 12.2. The van der Waals surface area contributed by atoms with E-state index in [4.69, 9.17) is 4.74 Å². The summed E-state index contributed by atoms with van der Waals surface area (Å²) in [6.07, 6.45) is 0. The van der Waals surface area contributed by atoms with Crippen molar-refractivity contribution in [2.75, 3.05) is 24.4 Å². The van der Waals surface area contributed by atoms with E-state index in [1.165, 1.54) is 32.2 Å². The lowest BCUT2D eigenvalue weighted by atomic mass is 10.1. The van der Waals surface area contributed by atoms with Crippen LogP contribution in [0.3, 0.4) is 0 Å². The predicted molar refractivity (Wildman–Crippen MR) is 302 cm³/mol. The molecule has 0 unspecified atom stereocenters. The number of hydrogen-bond donors (Lipinski definition) is 10. The van der Waals surface area contributed by atoms with Gasteiger partial charge in [0.15, 0.2) is 5.75 Å². The van der Waals surface area contributed by atoms with Gasteiger partial charge in [0, 0.05) is 30.6 Å². The van der Waals surface area contributed by atoms with E-state index >= 15 is 0 Å². The number of aromatic hydroxyl groups is 3. The van der Waals surface area contributed by atoms with Crippen molar-refractivity contribution >= 4 is 131 Å². The number of H-pyrrole nitrogens is 1. The Labute approximate surface area is 479 Å². The van der Waals surface area contributed by atoms with Gasteiger partial charge >= 0.3 is 5.97 Å². The summed E-state index contributed by atoms with van der Waals surface area (Å²) in [5.41, 5.74) is -1.10. The van der Waals surface area contributed by atoms with Crippen molar-refractivity contribution in [3.05, 3.63) is 144 Å². The van der Waals surface area contributed by atoms with Gasteiger partial charge in [0.05, 0.1) is 61.0 Å². The van der Waals surface area contributed by atoms with Gasteiger partial charge in [0.2, 0.25) is 17.5 Å². The third kappa shape index (κ3) is 13.2. The number of para-hydroxylation sites is 1. The fraction of sp³-hybridized carbons (Fsp3) is 0.0588. The van der Waals surface area contributed by atoms with Gasteiger partial charge in [-0.3, -0.25) is 23.2 Å². The molecule has 34 heteroatoms. The summed E-state index contributed by atoms with van der Waals surface area (Å²) in [6.45, 7) is 1.47. The summed E-state index contributed by atoms with van der Waals surface area (Å²) >= 11 is 0. The highest BCUT2D eigenvalue weighted by Gasteiger charge is 2.27. The Bertz CT molecular complexity index is 4890. The molecule has 0 spiro atoms. The van der Waals surface area contributed by atoms with Crippen LogP contribution in [0, 0.1) is 6.92 Å². The van der Waals surface area contributed by atoms with Gasteiger partial charge < -0.3 is 35.4 Å². The molecule has 10 N–H and O–H groups in total. The lowest BCUT2D eigenvalue weighted by molar-refractivity contribution is 0.0693. The fourth-order valence-electron chi connectivity index (χ4n) is 8.14. The first-order valence-electron chi connectivity index (χ1n) is 23.7. The maximum atomic E-state index is 13.1. The number of aromatic nitrogens is 3. The molecule has 1 aromatic heterocycles. The fourth-order valence-corrected chi connectivity index (χ4v) is 10.4. The number of aromatic amines is 1. The molecule has 436 valence electrons. The molecule has 0 saturated carbocycles. The van der Waals surface area contributed by atoms with Crippen molar-refractivity contribution in [1.82, 2.24) is 15.0 Å². The number of methoxy groups -OCH3 is 1. The quantitative estimate of drug-likeness (QED) is 0.0299. The number of phenols is 3. The van der Waals surface area contributed by atoms with E-state index in [1.807, 2.05) is 0 Å². The summed E-state index contributed by atoms with van der Waals surface area (Å²) in [5.74, 6) is -3.88. The molecule has 0 aliphatic heterocycles. The number of anilines is 4. The molecule has 0 radical (unpaired) electrons. The number of aromatic carboxylic acids is 1. The number of carbonyl (C=O) groups is 1. The smallest absolute Gasteiger partial charge is 0.339 e. The highest BCUT2D eigenvalue weighted by Crippen LogP contribution is 2.47. The van der Waals surface area contributed by atoms with Crippen molar-refractivity contribution in [3.8, 4) is 23.0 Å². The predicted octanol–water partition coefficient (Wildman–Crippen LogP) is 10.2. The molecule has 85 heavy (non-hydrogen) atoms. The van der Waals surface area contributed by atoms with Crippen LogP contribution < -0.4 is 20.6 Å². The first-order valence-corrected chi connectivity index (χ1v) is 29.4. The van der Waals surface area contributed by atoms with Crippen LogP contribution in [0.25, 0.3) is 21.5 Å². The van der Waals surface area contributed by atoms with Gasteiger partial charge in [-0.2, -0.15) is 59.0 Å². The molecular formula is C51H40N12O18S4. The van der Waals surface area contributed by atoms with Crippen LogP contribution in [0.15, 0.2) is 183 Å². The summed E-state index contributed by atoms with van der Waals surface area (Å²) in [4.78, 5) is 26.0. The van der Waals surface area contributed by atoms with E-state index in [-0.39, 0.29) is 62.2 Å². The Morgan fingerprint density at radius 3 is 1.78 bits per heavy atom. The minimum atomic E-state index is -5.39. The molecule has 0 amide bonds. The second-order valence-corrected chi connectivity index (χ2v) is 23.6. The first-order chi connectivity index (χ1) is 39.9. The molecule has 0 atom stereocenters. The lowest BCUT2D eigenvalue weighted by Gasteiger charge is -2.18. The minimum absolute atomic E-state index is 0.0233. The summed E-state index contributed by atoms with van der Waals surface area (Å²) in [6, 6.07) is 26.6. The van der Waals surface area contributed by atoms with Crippen molar-refractivity contribution in [2.45, 2.75) is 26.5 Å². The van der Waals surface area contributed by atoms with Gasteiger partial charge in [-0.1, -0.05) is 18.2 Å². The van der Waals surface area contributed by atoms with E-state index in [0.717, 1.165) is 48.5 Å². The molecule has 1 heterocycles. The highest BCUT2D eigenvalue weighted by atomic mass is 32.2. The highest BCUT2D eigenvalue weighted by molar-refractivity contribution is 7.86. The van der Waals surface area contributed by atoms with E-state index in [0.29, 0.717) is 23.1 Å². The number of nitrogens with zero attached hydrogens (tertiary/aromatic N) is 10. The van der Waals surface area contributed by atoms with Gasteiger partial charge in [0.25, 0.3) is 40.5 Å². The number of carboxylic acids is 1. The average molecular weight is 1240 g/mol. The van der Waals surface area contributed by atoms with Gasteiger partial charge in [-0.25, -0.2) is 9.79 Å². The van der Waals surface area contributed by atoms with E-state index < -0.39 is 111 Å². The zero-order valence-electron chi connectivity index (χ0n) is 43.4. The average Bonchev–Trinajstić information content (AvgIpc) is 1.00. The van der Waals surface area contributed by atoms with Crippen LogP contribution in [0.5, 0.6) is 23.0 Å². The Morgan fingerprint density at radius 1 is 0.588 bits per heavy atom. The SMILES string of the molecule is COc1cc(N=Nc2cc(S(=O)(=O)O)cc3cc(S(=O)(=O)O)cc(O)c23)c(C)cc1N=Nc1c(S(=O)(=O)O)cc2cc(S(=O)(=O)O)cc(N=c3nc(Nc4ccc(N=Nc5ccc(O)c(C(=O)O)c5)cc4)nc(N(C)c4ccccc4)[nH]3)c2c1O. The van der Waals surface area contributed by atoms with Crippen molar-refractivity contribution in [3.63, 3.8) is 0 Å². The number of carboxylic acid groups (broad SMARTS) is 1. The number of rotatable bonds is 17. The molecule has 0 saturated heterocycles. The third-order valence-corrected chi connectivity index (χ3v) is 15.6. The van der Waals surface area contributed by atoms with Crippen molar-refractivity contribution in [1.29, 1.82) is 0 Å². The molecule has 0 aliphatic carbocycles. The van der Waals surface area contributed by atoms with Crippen LogP contribution in [0.1, 0.15) is 15.9 Å². The van der Waals surface area contributed by atoms with Crippen molar-refractivity contribution < 1.29 is 81.8 Å². The maximum absolute atomic E-state index is 13.1. The van der Waals surface area contributed by atoms with Crippen LogP contribution in [-0.4, -0.2) is 107 Å². The number of nitrogens with one attached hydrogen (secondary N) is 2. The Hall–Kier alpha value is -10.2. The van der Waals surface area contributed by atoms with Gasteiger partial charge in [0.1, 0.15) is 39.1 Å². The molecule has 0 fully saturated rings. The van der Waals surface area contributed by atoms with E-state index in [9.17, 15) is 77.1 Å². The standard InChI is InChI=1S/C51H40N12O18S4/c1-25-15-37(42(81-3)24-36(25)59-61-39-22-33(83(72,73)74)16-26-17-34(84(75,76)77)23-41(65)44(26)39)60-62-46-43(85(78,79)80)19-27-18-32(82(69,70)71)21-38(45(27)47(46)66)53-50-54-49(55-51(56-50)63(2)31-7-5-4-6-8-31)52-28-9-11-29(12-10-28)57-58-30-13-14-40(64)35(20-30)48(67)68/h4-24,64-66H,1-3H3,(H,67,68)(H,69,70,71)(H,72,73,74)(H,75,76,77)(H,78,79,80)(H2,52,53,54,55,56). The summed E-state index contributed by atoms with van der Waals surface area (Å²) in [7, 11) is -17.6. The molecule has 8 aromatic carbocycles. The monoisotopic (exact) mass is 1240 g/mol. The molecule has 0 bridgehead atoms. The first kappa shape index (κ1) is 59.4. The minimum Gasteiger partial charge on any atom is -0.507 e. The van der Waals surface area contributed by atoms with Crippen LogP contribution in [0.4, 0.5) is 63.1 Å². The van der Waals surface area contributed by atoms with Crippen LogP contribution in [-0.2, 0) is 40.5 Å². The summed E-state index contributed by atoms with van der Waals surface area (Å²) < 4.78 is 146. The molecular weight excluding hydrogens is 1200 g/mol. The van der Waals surface area contributed by atoms with Crippen LogP contribution in [0.2, 0.25) is 0 Å². The summed E-state index contributed by atoms with van der Waals surface area (Å²) in [5, 5.41) is 68.1.